The van der Waals surface area contributed by atoms with E-state index in [4.69, 9.17) is 0 Å². The van der Waals surface area contributed by atoms with Crippen molar-refractivity contribution in [2.75, 3.05) is 0 Å². The van der Waals surface area contributed by atoms with Gasteiger partial charge in [0.2, 0.25) is 0 Å². The van der Waals surface area contributed by atoms with E-state index in [0.29, 0.717) is 5.41 Å². The van der Waals surface area contributed by atoms with Crippen LogP contribution >= 0.6 is 0 Å². The molecule has 178 valence electrons. The molecule has 0 aromatic rings. The fraction of sp³-hybridized carbons (Fsp3) is 0.871. The average molecular weight is 427 g/mol. The first-order valence-electron chi connectivity index (χ1n) is 14.1. The van der Waals surface area contributed by atoms with Gasteiger partial charge in [0.05, 0.1) is 0 Å². The van der Waals surface area contributed by atoms with E-state index in [2.05, 4.69) is 73.6 Å². The van der Waals surface area contributed by atoms with Crippen LogP contribution in [0.2, 0.25) is 0 Å². The maximum atomic E-state index is 2.83. The van der Waals surface area contributed by atoms with E-state index in [1.165, 1.54) is 57.8 Å². The first-order valence-corrected chi connectivity index (χ1v) is 14.1. The average Bonchev–Trinajstić information content (AvgIpc) is 3.54. The number of hydrogen-bond donors (Lipinski definition) is 0. The smallest absolute Gasteiger partial charge is 0.00874 e. The van der Waals surface area contributed by atoms with E-state index >= 15 is 0 Å². The molecule has 3 aliphatic rings. The van der Waals surface area contributed by atoms with Crippen molar-refractivity contribution in [2.24, 2.45) is 58.7 Å². The molecular formula is C31H54. The summed E-state index contributed by atoms with van der Waals surface area (Å²) in [6.07, 6.45) is 20.1. The van der Waals surface area contributed by atoms with Gasteiger partial charge >= 0.3 is 0 Å². The third kappa shape index (κ3) is 5.89. The summed E-state index contributed by atoms with van der Waals surface area (Å²) in [7, 11) is 0. The fourth-order valence-corrected chi connectivity index (χ4v) is 7.10. The van der Waals surface area contributed by atoms with Gasteiger partial charge in [-0.2, -0.15) is 0 Å². The lowest BCUT2D eigenvalue weighted by Gasteiger charge is -2.27. The molecule has 3 aliphatic carbocycles. The molecule has 0 heteroatoms. The highest BCUT2D eigenvalue weighted by molar-refractivity contribution is 5.29. The van der Waals surface area contributed by atoms with E-state index in [0.717, 1.165) is 53.3 Å². The van der Waals surface area contributed by atoms with Crippen LogP contribution in [0.5, 0.6) is 0 Å². The van der Waals surface area contributed by atoms with Gasteiger partial charge in [-0.25, -0.2) is 0 Å². The van der Waals surface area contributed by atoms with Crippen LogP contribution in [0.25, 0.3) is 0 Å². The Morgan fingerprint density at radius 2 is 1.74 bits per heavy atom. The summed E-state index contributed by atoms with van der Waals surface area (Å²) >= 11 is 0. The van der Waals surface area contributed by atoms with Crippen molar-refractivity contribution in [1.82, 2.24) is 0 Å². The van der Waals surface area contributed by atoms with Gasteiger partial charge < -0.3 is 0 Å². The van der Waals surface area contributed by atoms with E-state index in [1.807, 2.05) is 5.57 Å². The maximum Gasteiger partial charge on any atom is -0.00874 e. The topological polar surface area (TPSA) is 0 Å². The highest BCUT2D eigenvalue weighted by atomic mass is 14.7. The van der Waals surface area contributed by atoms with Crippen LogP contribution in [-0.4, -0.2) is 0 Å². The standard InChI is InChI=1S/C31H54/c1-9-10-12-15-22(4)16-13-11-14-17-26(31(8)20-24(31)6)19-28-29-23(5)18-27(30(28)29)25(7)21(2)3/h11,13,19,21-25,27-30H,9-10,12,14-18,20H2,1-8H3. The second-order valence-electron chi connectivity index (χ2n) is 12.8. The molecule has 31 heavy (non-hydrogen) atoms. The lowest BCUT2D eigenvalue weighted by molar-refractivity contribution is 0.236. The van der Waals surface area contributed by atoms with Crippen molar-refractivity contribution in [3.05, 3.63) is 23.8 Å². The molecule has 3 rings (SSSR count). The largest absolute Gasteiger partial charge is 0.0883 e. The van der Waals surface area contributed by atoms with Crippen molar-refractivity contribution in [3.8, 4) is 0 Å². The van der Waals surface area contributed by atoms with Gasteiger partial charge in [0, 0.05) is 0 Å². The highest BCUT2D eigenvalue weighted by Crippen LogP contribution is 2.67. The van der Waals surface area contributed by atoms with Crippen molar-refractivity contribution < 1.29 is 0 Å². The summed E-state index contributed by atoms with van der Waals surface area (Å²) in [6.45, 7) is 19.7. The number of hydrogen-bond acceptors (Lipinski definition) is 0. The Morgan fingerprint density at radius 3 is 2.35 bits per heavy atom. The molecule has 0 radical (unpaired) electrons. The number of fused-ring (bicyclic) bond motifs is 1. The SMILES string of the molecule is CCCCCC(C)CC=CCCC(=CC1C2C(C)CC(C(C)C(C)C)C12)C1(C)CC1C. The lowest BCUT2D eigenvalue weighted by atomic mass is 9.79. The van der Waals surface area contributed by atoms with Gasteiger partial charge in [0.15, 0.2) is 0 Å². The zero-order chi connectivity index (χ0) is 22.8. The normalized spacial score (nSPS) is 39.2. The van der Waals surface area contributed by atoms with Crippen molar-refractivity contribution >= 4 is 0 Å². The van der Waals surface area contributed by atoms with Gasteiger partial charge in [-0.1, -0.05) is 105 Å². The van der Waals surface area contributed by atoms with Gasteiger partial charge in [-0.15, -0.1) is 0 Å². The molecule has 0 saturated heterocycles. The first kappa shape index (κ1) is 25.1. The zero-order valence-electron chi connectivity index (χ0n) is 22.3. The quantitative estimate of drug-likeness (QED) is 0.203. The van der Waals surface area contributed by atoms with Crippen molar-refractivity contribution in [1.29, 1.82) is 0 Å². The minimum absolute atomic E-state index is 0.514. The molecular weight excluding hydrogens is 372 g/mol. The Hall–Kier alpha value is -0.520. The highest BCUT2D eigenvalue weighted by Gasteiger charge is 2.61. The molecule has 0 bridgehead atoms. The summed E-state index contributed by atoms with van der Waals surface area (Å²) in [4.78, 5) is 0. The summed E-state index contributed by atoms with van der Waals surface area (Å²) in [5.74, 6) is 8.27. The third-order valence-electron chi connectivity index (χ3n) is 10.1. The van der Waals surface area contributed by atoms with Crippen molar-refractivity contribution in [3.63, 3.8) is 0 Å². The molecule has 0 nitrogen and oxygen atoms in total. The zero-order valence-corrected chi connectivity index (χ0v) is 22.3. The van der Waals surface area contributed by atoms with Crippen LogP contribution in [0.15, 0.2) is 23.8 Å². The van der Waals surface area contributed by atoms with Gasteiger partial charge in [-0.05, 0) is 90.8 Å². The van der Waals surface area contributed by atoms with Crippen LogP contribution in [0.1, 0.15) is 113 Å². The summed E-state index contributed by atoms with van der Waals surface area (Å²) < 4.78 is 0. The van der Waals surface area contributed by atoms with Gasteiger partial charge in [0.1, 0.15) is 0 Å². The minimum atomic E-state index is 0.514. The fourth-order valence-electron chi connectivity index (χ4n) is 7.10. The molecule has 3 saturated carbocycles. The maximum absolute atomic E-state index is 2.83. The number of allylic oxidation sites excluding steroid dienone is 4. The number of unbranched alkanes of at least 4 members (excludes halogenated alkanes) is 2. The molecule has 0 amide bonds. The first-order chi connectivity index (χ1) is 14.7. The van der Waals surface area contributed by atoms with E-state index in [1.54, 1.807) is 0 Å². The Labute approximate surface area is 195 Å². The van der Waals surface area contributed by atoms with Crippen LogP contribution in [0, 0.1) is 58.7 Å². The Morgan fingerprint density at radius 1 is 1.03 bits per heavy atom. The molecule has 0 aromatic carbocycles. The Bertz CT molecular complexity index is 624. The molecule has 0 aliphatic heterocycles. The molecule has 9 unspecified atom stereocenters. The molecule has 0 heterocycles. The predicted octanol–water partition coefficient (Wildman–Crippen LogP) is 9.71. The molecule has 0 spiro atoms. The second kappa shape index (κ2) is 10.6. The lowest BCUT2D eigenvalue weighted by Crippen LogP contribution is -2.19. The van der Waals surface area contributed by atoms with Gasteiger partial charge in [0.25, 0.3) is 0 Å². The van der Waals surface area contributed by atoms with E-state index in [9.17, 15) is 0 Å². The Balaban J connectivity index is 1.55. The summed E-state index contributed by atoms with van der Waals surface area (Å²) in [6, 6.07) is 0. The monoisotopic (exact) mass is 426 g/mol. The second-order valence-corrected chi connectivity index (χ2v) is 12.8. The Kier molecular flexibility index (Phi) is 8.59. The molecule has 0 N–H and O–H groups in total. The van der Waals surface area contributed by atoms with Crippen LogP contribution in [0.3, 0.4) is 0 Å². The van der Waals surface area contributed by atoms with Crippen LogP contribution in [-0.2, 0) is 0 Å². The van der Waals surface area contributed by atoms with Gasteiger partial charge in [-0.3, -0.25) is 0 Å². The minimum Gasteiger partial charge on any atom is -0.0883 e. The summed E-state index contributed by atoms with van der Waals surface area (Å²) in [5.41, 5.74) is 2.34. The van der Waals surface area contributed by atoms with Crippen LogP contribution in [0.4, 0.5) is 0 Å². The third-order valence-corrected chi connectivity index (χ3v) is 10.1. The molecule has 9 atom stereocenters. The molecule has 0 aromatic heterocycles. The van der Waals surface area contributed by atoms with E-state index < -0.39 is 0 Å². The molecule has 3 fully saturated rings. The van der Waals surface area contributed by atoms with Crippen LogP contribution < -0.4 is 0 Å². The summed E-state index contributed by atoms with van der Waals surface area (Å²) in [5, 5.41) is 0. The van der Waals surface area contributed by atoms with Crippen molar-refractivity contribution in [2.45, 2.75) is 113 Å². The predicted molar refractivity (Wildman–Crippen MR) is 138 cm³/mol. The van der Waals surface area contributed by atoms with E-state index in [-0.39, 0.29) is 0 Å². The number of rotatable bonds is 13.